The minimum absolute atomic E-state index is 0.659. The van der Waals surface area contributed by atoms with Crippen molar-refractivity contribution in [3.63, 3.8) is 0 Å². The molecule has 0 saturated heterocycles. The summed E-state index contributed by atoms with van der Waals surface area (Å²) >= 11 is 0. The molecule has 2 aromatic rings. The molecular formula is C15H19NO2. The zero-order chi connectivity index (χ0) is 12.5. The summed E-state index contributed by atoms with van der Waals surface area (Å²) < 4.78 is 11.3. The van der Waals surface area contributed by atoms with Gasteiger partial charge < -0.3 is 14.2 Å². The van der Waals surface area contributed by atoms with Gasteiger partial charge in [0.25, 0.3) is 0 Å². The molecule has 1 fully saturated rings. The van der Waals surface area contributed by atoms with Gasteiger partial charge in [0.1, 0.15) is 23.0 Å². The van der Waals surface area contributed by atoms with Gasteiger partial charge in [-0.15, -0.1) is 0 Å². The maximum Gasteiger partial charge on any atom is 0.117 e. The van der Waals surface area contributed by atoms with E-state index in [1.807, 2.05) is 19.1 Å². The highest BCUT2D eigenvalue weighted by atomic mass is 16.3. The van der Waals surface area contributed by atoms with Crippen molar-refractivity contribution >= 4 is 0 Å². The molecule has 1 N–H and O–H groups in total. The molecule has 0 amide bonds. The summed E-state index contributed by atoms with van der Waals surface area (Å²) in [5.41, 5.74) is 0. The number of hydrogen-bond acceptors (Lipinski definition) is 3. The molecule has 0 spiro atoms. The summed E-state index contributed by atoms with van der Waals surface area (Å²) in [5, 5.41) is 3.33. The van der Waals surface area contributed by atoms with E-state index in [-0.39, 0.29) is 0 Å². The molecular weight excluding hydrogens is 226 g/mol. The van der Waals surface area contributed by atoms with Crippen LogP contribution in [0.3, 0.4) is 0 Å². The van der Waals surface area contributed by atoms with Gasteiger partial charge in [0.05, 0.1) is 13.1 Å². The smallest absolute Gasteiger partial charge is 0.117 e. The summed E-state index contributed by atoms with van der Waals surface area (Å²) in [4.78, 5) is 0. The second-order valence-electron chi connectivity index (χ2n) is 5.24. The first-order chi connectivity index (χ1) is 8.72. The lowest BCUT2D eigenvalue weighted by Crippen LogP contribution is -2.11. The maximum absolute atomic E-state index is 5.83. The van der Waals surface area contributed by atoms with Crippen molar-refractivity contribution in [2.45, 2.75) is 39.3 Å². The van der Waals surface area contributed by atoms with Gasteiger partial charge in [-0.05, 0) is 43.5 Å². The van der Waals surface area contributed by atoms with E-state index in [0.29, 0.717) is 5.92 Å². The van der Waals surface area contributed by atoms with Crippen molar-refractivity contribution in [2.75, 3.05) is 0 Å². The first kappa shape index (κ1) is 11.6. The summed E-state index contributed by atoms with van der Waals surface area (Å²) in [6.45, 7) is 5.72. The zero-order valence-electron chi connectivity index (χ0n) is 10.9. The Hall–Kier alpha value is -1.48. The van der Waals surface area contributed by atoms with Crippen LogP contribution in [0.15, 0.2) is 33.1 Å². The third-order valence-corrected chi connectivity index (χ3v) is 3.55. The summed E-state index contributed by atoms with van der Waals surface area (Å²) in [7, 11) is 0. The van der Waals surface area contributed by atoms with Crippen molar-refractivity contribution < 1.29 is 8.83 Å². The molecule has 0 bridgehead atoms. The molecule has 2 atom stereocenters. The van der Waals surface area contributed by atoms with Crippen LogP contribution in [-0.4, -0.2) is 0 Å². The second kappa shape index (κ2) is 4.65. The van der Waals surface area contributed by atoms with Gasteiger partial charge in [0, 0.05) is 5.92 Å². The van der Waals surface area contributed by atoms with Crippen LogP contribution in [0, 0.1) is 12.8 Å². The predicted octanol–water partition coefficient (Wildman–Crippen LogP) is 3.59. The minimum Gasteiger partial charge on any atom is -0.465 e. The average molecular weight is 245 g/mol. The van der Waals surface area contributed by atoms with Gasteiger partial charge in [-0.1, -0.05) is 6.92 Å². The van der Waals surface area contributed by atoms with Crippen LogP contribution in [0.1, 0.15) is 42.3 Å². The molecule has 3 rings (SSSR count). The Kier molecular flexibility index (Phi) is 3.00. The average Bonchev–Trinajstić information content (AvgIpc) is 2.79. The quantitative estimate of drug-likeness (QED) is 0.874. The Morgan fingerprint density at radius 1 is 1.11 bits per heavy atom. The minimum atomic E-state index is 0.659. The van der Waals surface area contributed by atoms with Gasteiger partial charge in [0.15, 0.2) is 0 Å². The lowest BCUT2D eigenvalue weighted by atomic mass is 10.3. The molecule has 2 aromatic heterocycles. The normalized spacial score (nSPS) is 22.3. The maximum atomic E-state index is 5.83. The molecule has 0 aromatic carbocycles. The first-order valence-corrected chi connectivity index (χ1v) is 6.57. The molecule has 2 heterocycles. The van der Waals surface area contributed by atoms with E-state index in [1.54, 1.807) is 0 Å². The van der Waals surface area contributed by atoms with E-state index in [1.165, 1.54) is 6.42 Å². The number of furan rings is 2. The van der Waals surface area contributed by atoms with E-state index in [0.717, 1.165) is 42.0 Å². The van der Waals surface area contributed by atoms with Gasteiger partial charge in [0.2, 0.25) is 0 Å². The molecule has 0 unspecified atom stereocenters. The predicted molar refractivity (Wildman–Crippen MR) is 69.2 cm³/mol. The summed E-state index contributed by atoms with van der Waals surface area (Å²) in [5.74, 6) is 5.53. The van der Waals surface area contributed by atoms with Gasteiger partial charge >= 0.3 is 0 Å². The Balaban J connectivity index is 1.49. The third-order valence-electron chi connectivity index (χ3n) is 3.55. The Morgan fingerprint density at radius 3 is 2.39 bits per heavy atom. The topological polar surface area (TPSA) is 38.3 Å². The van der Waals surface area contributed by atoms with Crippen molar-refractivity contribution in [1.82, 2.24) is 5.32 Å². The number of nitrogens with one attached hydrogen (secondary N) is 1. The molecule has 0 aliphatic heterocycles. The molecule has 96 valence electrons. The molecule has 0 radical (unpaired) electrons. The van der Waals surface area contributed by atoms with Crippen molar-refractivity contribution in [1.29, 1.82) is 0 Å². The van der Waals surface area contributed by atoms with Crippen LogP contribution in [0.5, 0.6) is 0 Å². The SMILES string of the molecule is Cc1ccc(CNCc2ccc([C@@H]3C[C@@H]3C)o2)o1. The summed E-state index contributed by atoms with van der Waals surface area (Å²) in [6, 6.07) is 8.17. The van der Waals surface area contributed by atoms with Crippen LogP contribution in [-0.2, 0) is 13.1 Å². The molecule has 18 heavy (non-hydrogen) atoms. The third kappa shape index (κ3) is 2.51. The molecule has 1 saturated carbocycles. The van der Waals surface area contributed by atoms with Crippen molar-refractivity contribution in [3.05, 3.63) is 47.3 Å². The molecule has 1 aliphatic carbocycles. The van der Waals surface area contributed by atoms with Crippen LogP contribution in [0.4, 0.5) is 0 Å². The van der Waals surface area contributed by atoms with Gasteiger partial charge in [-0.25, -0.2) is 0 Å². The van der Waals surface area contributed by atoms with E-state index in [9.17, 15) is 0 Å². The Labute approximate surface area is 107 Å². The molecule has 3 heteroatoms. The number of aryl methyl sites for hydroxylation is 1. The lowest BCUT2D eigenvalue weighted by molar-refractivity contribution is 0.424. The Bertz CT molecular complexity index is 526. The van der Waals surface area contributed by atoms with Crippen LogP contribution in [0.25, 0.3) is 0 Å². The monoisotopic (exact) mass is 245 g/mol. The van der Waals surface area contributed by atoms with Gasteiger partial charge in [-0.3, -0.25) is 0 Å². The van der Waals surface area contributed by atoms with Crippen LogP contribution in [0.2, 0.25) is 0 Å². The van der Waals surface area contributed by atoms with Crippen molar-refractivity contribution in [3.8, 4) is 0 Å². The van der Waals surface area contributed by atoms with Crippen LogP contribution >= 0.6 is 0 Å². The first-order valence-electron chi connectivity index (χ1n) is 6.57. The lowest BCUT2D eigenvalue weighted by Gasteiger charge is -2.00. The van der Waals surface area contributed by atoms with Crippen molar-refractivity contribution in [2.24, 2.45) is 5.92 Å². The van der Waals surface area contributed by atoms with E-state index >= 15 is 0 Å². The fourth-order valence-corrected chi connectivity index (χ4v) is 2.30. The van der Waals surface area contributed by atoms with E-state index < -0.39 is 0 Å². The molecule has 3 nitrogen and oxygen atoms in total. The molecule has 1 aliphatic rings. The Morgan fingerprint density at radius 2 is 1.78 bits per heavy atom. The van der Waals surface area contributed by atoms with E-state index in [2.05, 4.69) is 24.4 Å². The standard InChI is InChI=1S/C15H19NO2/c1-10-7-14(10)15-6-5-13(18-15)9-16-8-12-4-3-11(2)17-12/h3-6,10,14,16H,7-9H2,1-2H3/t10-,14+/m0/s1. The highest BCUT2D eigenvalue weighted by molar-refractivity contribution is 5.17. The number of hydrogen-bond donors (Lipinski definition) is 1. The van der Waals surface area contributed by atoms with E-state index in [4.69, 9.17) is 8.83 Å². The highest BCUT2D eigenvalue weighted by Crippen LogP contribution is 2.47. The number of rotatable bonds is 5. The van der Waals surface area contributed by atoms with Gasteiger partial charge in [-0.2, -0.15) is 0 Å². The fourth-order valence-electron chi connectivity index (χ4n) is 2.30. The largest absolute Gasteiger partial charge is 0.465 e. The fraction of sp³-hybridized carbons (Fsp3) is 0.467. The highest BCUT2D eigenvalue weighted by Gasteiger charge is 2.36. The zero-order valence-corrected chi connectivity index (χ0v) is 10.9. The second-order valence-corrected chi connectivity index (χ2v) is 5.24. The summed E-state index contributed by atoms with van der Waals surface area (Å²) in [6.07, 6.45) is 1.27. The van der Waals surface area contributed by atoms with Crippen LogP contribution < -0.4 is 5.32 Å².